The highest BCUT2D eigenvalue weighted by molar-refractivity contribution is 6.31. The first kappa shape index (κ1) is 6.62. The van der Waals surface area contributed by atoms with Gasteiger partial charge in [0.05, 0.1) is 5.02 Å². The van der Waals surface area contributed by atoms with E-state index in [1.807, 2.05) is 0 Å². The second-order valence-electron chi connectivity index (χ2n) is 1.96. The third-order valence-corrected chi connectivity index (χ3v) is 1.80. The number of halogens is 2. The molecule has 0 unspecified atom stereocenters. The van der Waals surface area contributed by atoms with Gasteiger partial charge in [0.25, 0.3) is 0 Å². The van der Waals surface area contributed by atoms with Gasteiger partial charge in [-0.15, -0.1) is 0 Å². The number of rotatable bonds is 0. The third-order valence-electron chi connectivity index (χ3n) is 1.42. The van der Waals surface area contributed by atoms with Crippen LogP contribution in [0.15, 0.2) is 6.07 Å². The summed E-state index contributed by atoms with van der Waals surface area (Å²) in [5, 5.41) is 0.481. The molecule has 0 radical (unpaired) electrons. The molecule has 0 N–H and O–H groups in total. The van der Waals surface area contributed by atoms with Gasteiger partial charge in [-0.1, -0.05) is 11.6 Å². The summed E-state index contributed by atoms with van der Waals surface area (Å²) in [6, 6.07) is 1.30. The van der Waals surface area contributed by atoms with Gasteiger partial charge in [-0.2, -0.15) is 4.39 Å². The van der Waals surface area contributed by atoms with Crippen LogP contribution in [0.3, 0.4) is 0 Å². The van der Waals surface area contributed by atoms with Gasteiger partial charge >= 0.3 is 0 Å². The molecule has 0 aliphatic heterocycles. The Morgan fingerprint density at radius 3 is 2.33 bits per heavy atom. The van der Waals surface area contributed by atoms with Gasteiger partial charge in [0, 0.05) is 18.8 Å². The molecule has 0 aliphatic rings. The Hall–Kier alpha value is -0.500. The van der Waals surface area contributed by atoms with E-state index in [1.54, 1.807) is 14.0 Å². The minimum atomic E-state index is -0.294. The lowest BCUT2D eigenvalue weighted by atomic mass is 10.5. The molecule has 3 heteroatoms. The lowest BCUT2D eigenvalue weighted by Crippen LogP contribution is -1.92. The minimum absolute atomic E-state index is 0.294. The van der Waals surface area contributed by atoms with Crippen molar-refractivity contribution in [3.8, 4) is 0 Å². The summed E-state index contributed by atoms with van der Waals surface area (Å²) in [5.74, 6) is -0.294. The molecule has 0 amide bonds. The molecule has 0 atom stereocenters. The number of aromatic nitrogens is 1. The molecule has 0 spiro atoms. The lowest BCUT2D eigenvalue weighted by Gasteiger charge is -1.94. The summed E-state index contributed by atoms with van der Waals surface area (Å²) in [5.41, 5.74) is 0.758. The van der Waals surface area contributed by atoms with Crippen molar-refractivity contribution in [3.05, 3.63) is 22.7 Å². The van der Waals surface area contributed by atoms with Crippen LogP contribution in [-0.4, -0.2) is 4.57 Å². The highest BCUT2D eigenvalue weighted by atomic mass is 35.5. The van der Waals surface area contributed by atoms with E-state index < -0.39 is 0 Å². The molecule has 1 aromatic heterocycles. The molecular weight excluding hydrogens is 141 g/mol. The molecule has 0 saturated carbocycles. The normalized spacial score (nSPS) is 10.2. The average molecular weight is 148 g/mol. The fourth-order valence-corrected chi connectivity index (χ4v) is 0.843. The molecular formula is C6H7ClFN. The molecule has 9 heavy (non-hydrogen) atoms. The molecule has 50 valence electrons. The molecule has 0 aromatic carbocycles. The Bertz CT molecular complexity index is 207. The standard InChI is InChI=1S/C6H7ClFN/c1-4-5(7)3-6(8)9(4)2/h3H,1-2H3. The summed E-state index contributed by atoms with van der Waals surface area (Å²) < 4.78 is 13.9. The maximum Gasteiger partial charge on any atom is 0.195 e. The van der Waals surface area contributed by atoms with E-state index in [2.05, 4.69) is 0 Å². The van der Waals surface area contributed by atoms with Crippen molar-refractivity contribution in [2.45, 2.75) is 6.92 Å². The van der Waals surface area contributed by atoms with Crippen molar-refractivity contribution >= 4 is 11.6 Å². The van der Waals surface area contributed by atoms with Crippen LogP contribution in [0.4, 0.5) is 4.39 Å². The van der Waals surface area contributed by atoms with Gasteiger partial charge in [-0.05, 0) is 6.92 Å². The van der Waals surface area contributed by atoms with Crippen LogP contribution in [0.2, 0.25) is 5.02 Å². The largest absolute Gasteiger partial charge is 0.324 e. The number of hydrogen-bond donors (Lipinski definition) is 0. The van der Waals surface area contributed by atoms with Crippen LogP contribution in [0.5, 0.6) is 0 Å². The third kappa shape index (κ3) is 0.944. The van der Waals surface area contributed by atoms with E-state index >= 15 is 0 Å². The Morgan fingerprint density at radius 1 is 1.67 bits per heavy atom. The molecule has 1 heterocycles. The lowest BCUT2D eigenvalue weighted by molar-refractivity contribution is 0.530. The van der Waals surface area contributed by atoms with Crippen LogP contribution in [0.1, 0.15) is 5.69 Å². The van der Waals surface area contributed by atoms with Crippen molar-refractivity contribution in [3.63, 3.8) is 0 Å². The van der Waals surface area contributed by atoms with E-state index in [4.69, 9.17) is 11.6 Å². The van der Waals surface area contributed by atoms with Gasteiger partial charge in [0.15, 0.2) is 5.95 Å². The zero-order valence-electron chi connectivity index (χ0n) is 5.28. The van der Waals surface area contributed by atoms with Crippen LogP contribution >= 0.6 is 11.6 Å². The van der Waals surface area contributed by atoms with Gasteiger partial charge in [0.2, 0.25) is 0 Å². The maximum atomic E-state index is 12.5. The Balaban J connectivity index is 3.29. The van der Waals surface area contributed by atoms with E-state index in [9.17, 15) is 4.39 Å². The molecule has 1 rings (SSSR count). The van der Waals surface area contributed by atoms with Gasteiger partial charge in [-0.3, -0.25) is 0 Å². The highest BCUT2D eigenvalue weighted by Crippen LogP contribution is 2.17. The number of nitrogens with zero attached hydrogens (tertiary/aromatic N) is 1. The van der Waals surface area contributed by atoms with E-state index in [0.717, 1.165) is 5.69 Å². The summed E-state index contributed by atoms with van der Waals surface area (Å²) in [6.45, 7) is 1.77. The van der Waals surface area contributed by atoms with Crippen LogP contribution in [-0.2, 0) is 7.05 Å². The summed E-state index contributed by atoms with van der Waals surface area (Å²) >= 11 is 5.57. The van der Waals surface area contributed by atoms with E-state index in [1.165, 1.54) is 10.6 Å². The molecule has 0 saturated heterocycles. The van der Waals surface area contributed by atoms with Crippen LogP contribution < -0.4 is 0 Å². The van der Waals surface area contributed by atoms with Gasteiger partial charge in [-0.25, -0.2) is 0 Å². The predicted octanol–water partition coefficient (Wildman–Crippen LogP) is 2.13. The molecule has 0 fully saturated rings. The predicted molar refractivity (Wildman–Crippen MR) is 35.1 cm³/mol. The zero-order chi connectivity index (χ0) is 7.02. The summed E-state index contributed by atoms with van der Waals surface area (Å²) in [6.07, 6.45) is 0. The Labute approximate surface area is 58.0 Å². The molecule has 0 bridgehead atoms. The van der Waals surface area contributed by atoms with Gasteiger partial charge < -0.3 is 4.57 Å². The fraction of sp³-hybridized carbons (Fsp3) is 0.333. The molecule has 0 aliphatic carbocycles. The zero-order valence-corrected chi connectivity index (χ0v) is 6.04. The van der Waals surface area contributed by atoms with Crippen molar-refractivity contribution in [1.29, 1.82) is 0 Å². The Kier molecular flexibility index (Phi) is 1.49. The first-order chi connectivity index (χ1) is 4.13. The SMILES string of the molecule is Cc1c(Cl)cc(F)n1C. The van der Waals surface area contributed by atoms with Crippen molar-refractivity contribution < 1.29 is 4.39 Å². The van der Waals surface area contributed by atoms with Crippen LogP contribution in [0, 0.1) is 12.9 Å². The molecule has 1 nitrogen and oxygen atoms in total. The quantitative estimate of drug-likeness (QED) is 0.530. The summed E-state index contributed by atoms with van der Waals surface area (Å²) in [7, 11) is 1.64. The topological polar surface area (TPSA) is 4.93 Å². The summed E-state index contributed by atoms with van der Waals surface area (Å²) in [4.78, 5) is 0. The van der Waals surface area contributed by atoms with Crippen molar-refractivity contribution in [2.24, 2.45) is 7.05 Å². The smallest absolute Gasteiger partial charge is 0.195 e. The van der Waals surface area contributed by atoms with Crippen LogP contribution in [0.25, 0.3) is 0 Å². The monoisotopic (exact) mass is 147 g/mol. The average Bonchev–Trinajstić information content (AvgIpc) is 1.98. The van der Waals surface area contributed by atoms with Gasteiger partial charge in [0.1, 0.15) is 0 Å². The van der Waals surface area contributed by atoms with E-state index in [0.29, 0.717) is 5.02 Å². The highest BCUT2D eigenvalue weighted by Gasteiger charge is 2.04. The first-order valence-corrected chi connectivity index (χ1v) is 2.98. The fourth-order valence-electron chi connectivity index (χ4n) is 0.626. The number of hydrogen-bond acceptors (Lipinski definition) is 0. The van der Waals surface area contributed by atoms with E-state index in [-0.39, 0.29) is 5.95 Å². The second kappa shape index (κ2) is 2.03. The first-order valence-electron chi connectivity index (χ1n) is 2.60. The Morgan fingerprint density at radius 2 is 2.22 bits per heavy atom. The second-order valence-corrected chi connectivity index (χ2v) is 2.37. The minimum Gasteiger partial charge on any atom is -0.324 e. The van der Waals surface area contributed by atoms with Crippen molar-refractivity contribution in [2.75, 3.05) is 0 Å². The van der Waals surface area contributed by atoms with Crippen molar-refractivity contribution in [1.82, 2.24) is 4.57 Å². The molecule has 1 aromatic rings. The maximum absolute atomic E-state index is 12.5.